The maximum Gasteiger partial charge on any atom is 0.416 e. The van der Waals surface area contributed by atoms with Crippen LogP contribution in [0.3, 0.4) is 0 Å². The number of halogens is 4. The fraction of sp³-hybridized carbons (Fsp3) is 0.200. The van der Waals surface area contributed by atoms with E-state index in [4.69, 9.17) is 0 Å². The summed E-state index contributed by atoms with van der Waals surface area (Å²) in [7, 11) is 0. The first-order valence-electron chi connectivity index (χ1n) is 8.56. The summed E-state index contributed by atoms with van der Waals surface area (Å²) in [4.78, 5) is 12.4. The van der Waals surface area contributed by atoms with Crippen LogP contribution in [0.15, 0.2) is 54.6 Å². The Labute approximate surface area is 158 Å². The standard InChI is InChI=1S/C20H17F4N3O/c1-2-27-18(14-6-4-8-16(21)10-14)11-17(26-27)19(28)25-12-13-5-3-7-15(9-13)20(22,23)24/h3-11H,2,12H2,1H3,(H,25,28). The van der Waals surface area contributed by atoms with Crippen molar-refractivity contribution in [3.8, 4) is 11.3 Å². The zero-order valence-electron chi connectivity index (χ0n) is 14.9. The van der Waals surface area contributed by atoms with E-state index in [1.54, 1.807) is 16.8 Å². The van der Waals surface area contributed by atoms with Gasteiger partial charge in [-0.1, -0.05) is 24.3 Å². The highest BCUT2D eigenvalue weighted by Crippen LogP contribution is 2.29. The van der Waals surface area contributed by atoms with Gasteiger partial charge in [0.05, 0.1) is 11.3 Å². The molecular weight excluding hydrogens is 374 g/mol. The Morgan fingerprint density at radius 1 is 1.11 bits per heavy atom. The van der Waals surface area contributed by atoms with Crippen molar-refractivity contribution in [1.82, 2.24) is 15.1 Å². The van der Waals surface area contributed by atoms with Crippen molar-refractivity contribution >= 4 is 5.91 Å². The third-order valence-electron chi connectivity index (χ3n) is 4.14. The van der Waals surface area contributed by atoms with Gasteiger partial charge in [-0.05, 0) is 42.8 Å². The van der Waals surface area contributed by atoms with Gasteiger partial charge >= 0.3 is 6.18 Å². The first kappa shape index (κ1) is 19.6. The lowest BCUT2D eigenvalue weighted by Crippen LogP contribution is -2.23. The van der Waals surface area contributed by atoms with Gasteiger partial charge in [0.15, 0.2) is 5.69 Å². The van der Waals surface area contributed by atoms with Crippen LogP contribution in [-0.2, 0) is 19.3 Å². The van der Waals surface area contributed by atoms with Crippen molar-refractivity contribution in [3.05, 3.63) is 77.2 Å². The minimum absolute atomic E-state index is 0.0724. The molecule has 28 heavy (non-hydrogen) atoms. The topological polar surface area (TPSA) is 46.9 Å². The Kier molecular flexibility index (Phi) is 5.48. The molecule has 0 radical (unpaired) electrons. The largest absolute Gasteiger partial charge is 0.416 e. The molecule has 4 nitrogen and oxygen atoms in total. The Bertz CT molecular complexity index is 995. The second kappa shape index (κ2) is 7.84. The zero-order chi connectivity index (χ0) is 20.3. The van der Waals surface area contributed by atoms with Gasteiger partial charge in [0, 0.05) is 18.7 Å². The molecule has 1 amide bonds. The molecule has 1 heterocycles. The van der Waals surface area contributed by atoms with E-state index in [1.807, 2.05) is 6.92 Å². The number of nitrogens with zero attached hydrogens (tertiary/aromatic N) is 2. The van der Waals surface area contributed by atoms with E-state index in [-0.39, 0.29) is 12.2 Å². The van der Waals surface area contributed by atoms with Crippen LogP contribution < -0.4 is 5.32 Å². The van der Waals surface area contributed by atoms with Crippen LogP contribution in [0.2, 0.25) is 0 Å². The van der Waals surface area contributed by atoms with Crippen molar-refractivity contribution < 1.29 is 22.4 Å². The number of amides is 1. The van der Waals surface area contributed by atoms with E-state index < -0.39 is 23.5 Å². The van der Waals surface area contributed by atoms with E-state index >= 15 is 0 Å². The van der Waals surface area contributed by atoms with E-state index in [9.17, 15) is 22.4 Å². The zero-order valence-corrected chi connectivity index (χ0v) is 14.9. The van der Waals surface area contributed by atoms with Gasteiger partial charge in [-0.15, -0.1) is 0 Å². The Morgan fingerprint density at radius 3 is 2.54 bits per heavy atom. The van der Waals surface area contributed by atoms with Gasteiger partial charge in [0.2, 0.25) is 0 Å². The fourth-order valence-corrected chi connectivity index (χ4v) is 2.78. The highest BCUT2D eigenvalue weighted by Gasteiger charge is 2.30. The number of carbonyl (C=O) groups is 1. The molecule has 0 bridgehead atoms. The summed E-state index contributed by atoms with van der Waals surface area (Å²) in [6.07, 6.45) is -4.44. The van der Waals surface area contributed by atoms with Gasteiger partial charge in [0.1, 0.15) is 5.82 Å². The summed E-state index contributed by atoms with van der Waals surface area (Å²) in [5, 5.41) is 6.77. The van der Waals surface area contributed by atoms with Crippen molar-refractivity contribution in [2.45, 2.75) is 26.2 Å². The van der Waals surface area contributed by atoms with E-state index in [1.165, 1.54) is 30.3 Å². The van der Waals surface area contributed by atoms with Gasteiger partial charge < -0.3 is 5.32 Å². The molecule has 3 aromatic rings. The third kappa shape index (κ3) is 4.39. The van der Waals surface area contributed by atoms with Gasteiger partial charge in [-0.3, -0.25) is 9.48 Å². The number of alkyl halides is 3. The fourth-order valence-electron chi connectivity index (χ4n) is 2.78. The summed E-state index contributed by atoms with van der Waals surface area (Å²) in [5.41, 5.74) is 0.803. The molecule has 0 unspecified atom stereocenters. The van der Waals surface area contributed by atoms with Crippen molar-refractivity contribution in [2.24, 2.45) is 0 Å². The summed E-state index contributed by atoms with van der Waals surface area (Å²) in [6, 6.07) is 12.2. The molecule has 2 aromatic carbocycles. The van der Waals surface area contributed by atoms with Gasteiger partial charge in [-0.25, -0.2) is 4.39 Å². The predicted molar refractivity (Wildman–Crippen MR) is 95.9 cm³/mol. The van der Waals surface area contributed by atoms with Crippen LogP contribution in [0.25, 0.3) is 11.3 Å². The monoisotopic (exact) mass is 391 g/mol. The Balaban J connectivity index is 1.77. The summed E-state index contributed by atoms with van der Waals surface area (Å²) in [5.74, 6) is -0.931. The quantitative estimate of drug-likeness (QED) is 0.643. The number of hydrogen-bond donors (Lipinski definition) is 1. The number of benzene rings is 2. The van der Waals surface area contributed by atoms with Crippen LogP contribution in [0, 0.1) is 5.82 Å². The number of hydrogen-bond acceptors (Lipinski definition) is 2. The van der Waals surface area contributed by atoms with Crippen LogP contribution in [0.4, 0.5) is 17.6 Å². The molecule has 8 heteroatoms. The van der Waals surface area contributed by atoms with Crippen LogP contribution in [0.1, 0.15) is 28.5 Å². The Hall–Kier alpha value is -3.16. The highest BCUT2D eigenvalue weighted by atomic mass is 19.4. The lowest BCUT2D eigenvalue weighted by molar-refractivity contribution is -0.137. The number of rotatable bonds is 5. The molecule has 0 spiro atoms. The van der Waals surface area contributed by atoms with Crippen LogP contribution >= 0.6 is 0 Å². The van der Waals surface area contributed by atoms with Gasteiger partial charge in [-0.2, -0.15) is 18.3 Å². The second-order valence-corrected chi connectivity index (χ2v) is 6.12. The molecule has 0 aliphatic heterocycles. The lowest BCUT2D eigenvalue weighted by atomic mass is 10.1. The molecule has 1 N–H and O–H groups in total. The van der Waals surface area contributed by atoms with Crippen LogP contribution in [-0.4, -0.2) is 15.7 Å². The molecule has 0 aliphatic carbocycles. The number of carbonyl (C=O) groups excluding carboxylic acids is 1. The summed E-state index contributed by atoms with van der Waals surface area (Å²) >= 11 is 0. The molecule has 0 aliphatic rings. The van der Waals surface area contributed by atoms with Crippen molar-refractivity contribution in [2.75, 3.05) is 0 Å². The van der Waals surface area contributed by atoms with E-state index in [2.05, 4.69) is 10.4 Å². The smallest absolute Gasteiger partial charge is 0.347 e. The second-order valence-electron chi connectivity index (χ2n) is 6.12. The predicted octanol–water partition coefficient (Wildman–Crippen LogP) is 4.66. The van der Waals surface area contributed by atoms with E-state index in [0.717, 1.165) is 12.1 Å². The molecule has 0 fully saturated rings. The number of aryl methyl sites for hydroxylation is 1. The number of aromatic nitrogens is 2. The van der Waals surface area contributed by atoms with Crippen molar-refractivity contribution in [1.29, 1.82) is 0 Å². The molecule has 0 atom stereocenters. The Morgan fingerprint density at radius 2 is 1.86 bits per heavy atom. The molecule has 0 saturated carbocycles. The lowest BCUT2D eigenvalue weighted by Gasteiger charge is -2.09. The maximum absolute atomic E-state index is 13.5. The SMILES string of the molecule is CCn1nc(C(=O)NCc2cccc(C(F)(F)F)c2)cc1-c1cccc(F)c1. The van der Waals surface area contributed by atoms with Gasteiger partial charge in [0.25, 0.3) is 5.91 Å². The minimum atomic E-state index is -4.44. The molecule has 3 rings (SSSR count). The average Bonchev–Trinajstić information content (AvgIpc) is 3.10. The van der Waals surface area contributed by atoms with Crippen molar-refractivity contribution in [3.63, 3.8) is 0 Å². The minimum Gasteiger partial charge on any atom is -0.347 e. The molecule has 0 saturated heterocycles. The molecule has 146 valence electrons. The van der Waals surface area contributed by atoms with Crippen LogP contribution in [0.5, 0.6) is 0 Å². The highest BCUT2D eigenvalue weighted by molar-refractivity contribution is 5.93. The maximum atomic E-state index is 13.5. The summed E-state index contributed by atoms with van der Waals surface area (Å²) in [6.45, 7) is 2.23. The number of nitrogens with one attached hydrogen (secondary N) is 1. The van der Waals surface area contributed by atoms with E-state index in [0.29, 0.717) is 23.4 Å². The average molecular weight is 391 g/mol. The molecular formula is C20H17F4N3O. The summed E-state index contributed by atoms with van der Waals surface area (Å²) < 4.78 is 53.4. The third-order valence-corrected chi connectivity index (χ3v) is 4.14. The molecule has 1 aromatic heterocycles. The first-order chi connectivity index (χ1) is 13.3. The normalized spacial score (nSPS) is 11.5. The first-order valence-corrected chi connectivity index (χ1v) is 8.56.